The van der Waals surface area contributed by atoms with Crippen LogP contribution in [0.15, 0.2) is 41.1 Å². The van der Waals surface area contributed by atoms with Gasteiger partial charge in [-0.1, -0.05) is 30.3 Å². The molecule has 0 saturated carbocycles. The molecule has 1 N–H and O–H groups in total. The molecule has 0 unspecified atom stereocenters. The van der Waals surface area contributed by atoms with Crippen LogP contribution < -0.4 is 5.32 Å². The van der Waals surface area contributed by atoms with E-state index in [4.69, 9.17) is 4.42 Å². The highest BCUT2D eigenvalue weighted by atomic mass is 16.3. The van der Waals surface area contributed by atoms with Crippen LogP contribution in [-0.4, -0.2) is 10.9 Å². The minimum atomic E-state index is -0.213. The number of nitrogens with zero attached hydrogens (tertiary/aromatic N) is 1. The van der Waals surface area contributed by atoms with Crippen molar-refractivity contribution in [2.45, 2.75) is 13.5 Å². The lowest BCUT2D eigenvalue weighted by atomic mass is 10.2. The van der Waals surface area contributed by atoms with E-state index in [2.05, 4.69) is 10.3 Å². The monoisotopic (exact) mass is 216 g/mol. The molecule has 0 bridgehead atoms. The lowest BCUT2D eigenvalue weighted by Crippen LogP contribution is -2.23. The van der Waals surface area contributed by atoms with Crippen molar-refractivity contribution in [1.29, 1.82) is 0 Å². The summed E-state index contributed by atoms with van der Waals surface area (Å²) < 4.78 is 4.97. The highest BCUT2D eigenvalue weighted by molar-refractivity contribution is 5.92. The molecule has 16 heavy (non-hydrogen) atoms. The molecule has 1 heterocycles. The molecular weight excluding hydrogens is 204 g/mol. The molecule has 0 spiro atoms. The number of hydrogen-bond acceptors (Lipinski definition) is 3. The summed E-state index contributed by atoms with van der Waals surface area (Å²) in [4.78, 5) is 15.5. The van der Waals surface area contributed by atoms with E-state index in [0.29, 0.717) is 18.0 Å². The Morgan fingerprint density at radius 3 is 2.75 bits per heavy atom. The van der Waals surface area contributed by atoms with Gasteiger partial charge in [0.1, 0.15) is 5.76 Å². The van der Waals surface area contributed by atoms with Gasteiger partial charge in [0.25, 0.3) is 5.91 Å². The molecule has 0 saturated heterocycles. The highest BCUT2D eigenvalue weighted by Crippen LogP contribution is 2.04. The fourth-order valence-corrected chi connectivity index (χ4v) is 1.39. The van der Waals surface area contributed by atoms with E-state index in [-0.39, 0.29) is 5.91 Å². The second-order valence-corrected chi connectivity index (χ2v) is 3.43. The normalized spacial score (nSPS) is 10.1. The largest absolute Gasteiger partial charge is 0.448 e. The number of nitrogens with one attached hydrogen (secondary N) is 1. The van der Waals surface area contributed by atoms with E-state index in [9.17, 15) is 4.79 Å². The van der Waals surface area contributed by atoms with E-state index in [1.54, 1.807) is 6.92 Å². The van der Waals surface area contributed by atoms with Crippen LogP contribution in [-0.2, 0) is 6.54 Å². The Labute approximate surface area is 93.3 Å². The van der Waals surface area contributed by atoms with Gasteiger partial charge in [0, 0.05) is 6.54 Å². The maximum absolute atomic E-state index is 11.7. The molecule has 4 heteroatoms. The van der Waals surface area contributed by atoms with Crippen LogP contribution in [0, 0.1) is 6.92 Å². The van der Waals surface area contributed by atoms with Crippen molar-refractivity contribution in [3.05, 3.63) is 53.7 Å². The summed E-state index contributed by atoms with van der Waals surface area (Å²) in [5, 5.41) is 2.78. The summed E-state index contributed by atoms with van der Waals surface area (Å²) in [5.41, 5.74) is 1.40. The molecule has 4 nitrogen and oxygen atoms in total. The molecule has 1 amide bonds. The molecule has 1 aromatic carbocycles. The van der Waals surface area contributed by atoms with E-state index in [1.165, 1.54) is 6.39 Å². The molecule has 82 valence electrons. The number of carbonyl (C=O) groups is 1. The lowest BCUT2D eigenvalue weighted by molar-refractivity contribution is 0.0945. The van der Waals surface area contributed by atoms with Crippen LogP contribution in [0.2, 0.25) is 0 Å². The molecular formula is C12H12N2O2. The number of aromatic nitrogens is 1. The number of benzene rings is 1. The first-order valence-corrected chi connectivity index (χ1v) is 4.99. The number of rotatable bonds is 3. The second-order valence-electron chi connectivity index (χ2n) is 3.43. The van der Waals surface area contributed by atoms with Crippen molar-refractivity contribution < 1.29 is 9.21 Å². The number of aryl methyl sites for hydroxylation is 1. The third-order valence-corrected chi connectivity index (χ3v) is 2.26. The third kappa shape index (κ3) is 2.28. The van der Waals surface area contributed by atoms with Crippen molar-refractivity contribution in [3.63, 3.8) is 0 Å². The van der Waals surface area contributed by atoms with Gasteiger partial charge in [-0.3, -0.25) is 4.79 Å². The van der Waals surface area contributed by atoms with Gasteiger partial charge in [-0.25, -0.2) is 4.98 Å². The van der Waals surface area contributed by atoms with Gasteiger partial charge in [0.05, 0.1) is 0 Å². The van der Waals surface area contributed by atoms with Gasteiger partial charge in [-0.05, 0) is 12.5 Å². The summed E-state index contributed by atoms with van der Waals surface area (Å²) in [5.74, 6) is 0.320. The summed E-state index contributed by atoms with van der Waals surface area (Å²) in [7, 11) is 0. The van der Waals surface area contributed by atoms with E-state index in [0.717, 1.165) is 5.56 Å². The Morgan fingerprint density at radius 1 is 1.38 bits per heavy atom. The van der Waals surface area contributed by atoms with E-state index >= 15 is 0 Å². The first-order chi connectivity index (χ1) is 7.77. The van der Waals surface area contributed by atoms with Crippen LogP contribution in [0.3, 0.4) is 0 Å². The molecule has 2 aromatic rings. The predicted molar refractivity (Wildman–Crippen MR) is 58.9 cm³/mol. The van der Waals surface area contributed by atoms with Gasteiger partial charge in [0.15, 0.2) is 12.1 Å². The third-order valence-electron chi connectivity index (χ3n) is 2.26. The zero-order valence-electron chi connectivity index (χ0n) is 8.93. The fourth-order valence-electron chi connectivity index (χ4n) is 1.39. The highest BCUT2D eigenvalue weighted by Gasteiger charge is 2.12. The molecule has 0 radical (unpaired) electrons. The van der Waals surface area contributed by atoms with Gasteiger partial charge in [-0.15, -0.1) is 0 Å². The van der Waals surface area contributed by atoms with E-state index in [1.807, 2.05) is 30.3 Å². The van der Waals surface area contributed by atoms with Gasteiger partial charge in [0.2, 0.25) is 0 Å². The van der Waals surface area contributed by atoms with Gasteiger partial charge < -0.3 is 9.73 Å². The smallest absolute Gasteiger partial charge is 0.273 e. The van der Waals surface area contributed by atoms with Crippen molar-refractivity contribution >= 4 is 5.91 Å². The van der Waals surface area contributed by atoms with Gasteiger partial charge >= 0.3 is 0 Å². The number of oxazole rings is 1. The fraction of sp³-hybridized carbons (Fsp3) is 0.167. The predicted octanol–water partition coefficient (Wildman–Crippen LogP) is 1.91. The minimum absolute atomic E-state index is 0.213. The summed E-state index contributed by atoms with van der Waals surface area (Å²) in [6.07, 6.45) is 1.27. The molecule has 0 aliphatic rings. The number of hydrogen-bond donors (Lipinski definition) is 1. The molecule has 0 atom stereocenters. The quantitative estimate of drug-likeness (QED) is 0.852. The van der Waals surface area contributed by atoms with Crippen molar-refractivity contribution in [1.82, 2.24) is 10.3 Å². The summed E-state index contributed by atoms with van der Waals surface area (Å²) >= 11 is 0. The Morgan fingerprint density at radius 2 is 2.12 bits per heavy atom. The molecule has 2 rings (SSSR count). The number of carbonyl (C=O) groups excluding carboxylic acids is 1. The number of amides is 1. The van der Waals surface area contributed by atoms with Crippen molar-refractivity contribution in [2.24, 2.45) is 0 Å². The lowest BCUT2D eigenvalue weighted by Gasteiger charge is -2.03. The first-order valence-electron chi connectivity index (χ1n) is 4.99. The zero-order chi connectivity index (χ0) is 11.4. The summed E-state index contributed by atoms with van der Waals surface area (Å²) in [6.45, 7) is 2.20. The van der Waals surface area contributed by atoms with Crippen LogP contribution in [0.1, 0.15) is 21.8 Å². The average Bonchev–Trinajstić information content (AvgIpc) is 2.74. The minimum Gasteiger partial charge on any atom is -0.448 e. The standard InChI is InChI=1S/C12H12N2O2/c1-9-11(14-8-16-9)12(15)13-7-10-5-3-2-4-6-10/h2-6,8H,7H2,1H3,(H,13,15). The van der Waals surface area contributed by atoms with Crippen molar-refractivity contribution in [3.8, 4) is 0 Å². The van der Waals surface area contributed by atoms with Crippen LogP contribution in [0.4, 0.5) is 0 Å². The molecule has 0 fully saturated rings. The van der Waals surface area contributed by atoms with Crippen LogP contribution >= 0.6 is 0 Å². The molecule has 0 aliphatic carbocycles. The second kappa shape index (κ2) is 4.61. The van der Waals surface area contributed by atoms with Gasteiger partial charge in [-0.2, -0.15) is 0 Å². The zero-order valence-corrected chi connectivity index (χ0v) is 8.93. The maximum atomic E-state index is 11.7. The van der Waals surface area contributed by atoms with E-state index < -0.39 is 0 Å². The maximum Gasteiger partial charge on any atom is 0.273 e. The Balaban J connectivity index is 1.97. The Kier molecular flexibility index (Phi) is 3.00. The molecule has 1 aromatic heterocycles. The Hall–Kier alpha value is -2.10. The molecule has 0 aliphatic heterocycles. The van der Waals surface area contributed by atoms with Crippen LogP contribution in [0.25, 0.3) is 0 Å². The van der Waals surface area contributed by atoms with Crippen molar-refractivity contribution in [2.75, 3.05) is 0 Å². The summed E-state index contributed by atoms with van der Waals surface area (Å²) in [6, 6.07) is 9.71. The van der Waals surface area contributed by atoms with Crippen LogP contribution in [0.5, 0.6) is 0 Å². The SMILES string of the molecule is Cc1ocnc1C(=O)NCc1ccccc1. The topological polar surface area (TPSA) is 55.1 Å². The average molecular weight is 216 g/mol. The first kappa shape index (κ1) is 10.4. The Bertz CT molecular complexity index is 477.